The Labute approximate surface area is 182 Å². The minimum absolute atomic E-state index is 0.280. The SMILES string of the molecule is Clc1nc(-c2ccc(-c3ccc4ccccc4c3)cc2)c2c(n1)sc1ccccc12. The standard InChI is InChI=1S/C26H15ClN2S/c27-26-28-24(23-21-7-3-4-8-22(21)30-25(23)29-26)18-12-9-17(10-13-18)20-14-11-16-5-1-2-6-19(16)15-20/h1-15H. The van der Waals surface area contributed by atoms with Crippen LogP contribution in [0, 0.1) is 0 Å². The number of aromatic nitrogens is 2. The Bertz CT molecular complexity index is 1550. The van der Waals surface area contributed by atoms with E-state index in [0.717, 1.165) is 21.5 Å². The Kier molecular flexibility index (Phi) is 4.05. The van der Waals surface area contributed by atoms with Crippen molar-refractivity contribution in [3.63, 3.8) is 0 Å². The van der Waals surface area contributed by atoms with E-state index in [1.807, 2.05) is 6.07 Å². The van der Waals surface area contributed by atoms with Crippen LogP contribution in [0.2, 0.25) is 5.28 Å². The molecule has 0 spiro atoms. The zero-order valence-electron chi connectivity index (χ0n) is 15.8. The molecule has 2 nitrogen and oxygen atoms in total. The maximum atomic E-state index is 6.27. The molecule has 0 atom stereocenters. The van der Waals surface area contributed by atoms with Crippen LogP contribution in [0.15, 0.2) is 91.0 Å². The number of thiophene rings is 1. The van der Waals surface area contributed by atoms with Crippen LogP contribution >= 0.6 is 22.9 Å². The topological polar surface area (TPSA) is 25.8 Å². The summed E-state index contributed by atoms with van der Waals surface area (Å²) in [6, 6.07) is 31.9. The molecule has 30 heavy (non-hydrogen) atoms. The summed E-state index contributed by atoms with van der Waals surface area (Å²) in [6.45, 7) is 0. The number of halogens is 1. The van der Waals surface area contributed by atoms with Gasteiger partial charge in [-0.25, -0.2) is 9.97 Å². The smallest absolute Gasteiger partial charge is 0.217 e. The Balaban J connectivity index is 1.49. The molecule has 0 bridgehead atoms. The van der Waals surface area contributed by atoms with Crippen LogP contribution < -0.4 is 0 Å². The van der Waals surface area contributed by atoms with E-state index in [9.17, 15) is 0 Å². The molecule has 0 fully saturated rings. The fourth-order valence-electron chi connectivity index (χ4n) is 4.00. The van der Waals surface area contributed by atoms with E-state index in [2.05, 4.69) is 94.9 Å². The monoisotopic (exact) mass is 422 g/mol. The summed E-state index contributed by atoms with van der Waals surface area (Å²) in [7, 11) is 0. The average molecular weight is 423 g/mol. The van der Waals surface area contributed by atoms with Crippen LogP contribution in [0.3, 0.4) is 0 Å². The Morgan fingerprint density at radius 1 is 0.633 bits per heavy atom. The van der Waals surface area contributed by atoms with Gasteiger partial charge in [-0.1, -0.05) is 78.9 Å². The first-order valence-corrected chi connectivity index (χ1v) is 10.9. The lowest BCUT2D eigenvalue weighted by atomic mass is 9.99. The molecule has 0 aliphatic carbocycles. The van der Waals surface area contributed by atoms with E-state index >= 15 is 0 Å². The predicted octanol–water partition coefficient (Wildman–Crippen LogP) is 7.99. The van der Waals surface area contributed by atoms with Crippen LogP contribution in [-0.2, 0) is 0 Å². The van der Waals surface area contributed by atoms with Crippen LogP contribution in [0.4, 0.5) is 0 Å². The average Bonchev–Trinajstić information content (AvgIpc) is 3.16. The number of hydrogen-bond donors (Lipinski definition) is 0. The maximum Gasteiger partial charge on any atom is 0.224 e. The van der Waals surface area contributed by atoms with Gasteiger partial charge in [0.1, 0.15) is 4.83 Å². The maximum absolute atomic E-state index is 6.27. The lowest BCUT2D eigenvalue weighted by Crippen LogP contribution is -1.89. The van der Waals surface area contributed by atoms with Gasteiger partial charge >= 0.3 is 0 Å². The zero-order valence-corrected chi connectivity index (χ0v) is 17.4. The minimum atomic E-state index is 0.280. The second-order valence-corrected chi connectivity index (χ2v) is 8.63. The number of hydrogen-bond acceptors (Lipinski definition) is 3. The second-order valence-electron chi connectivity index (χ2n) is 7.26. The normalized spacial score (nSPS) is 11.5. The van der Waals surface area contributed by atoms with Crippen molar-refractivity contribution in [2.45, 2.75) is 0 Å². The largest absolute Gasteiger partial charge is 0.224 e. The van der Waals surface area contributed by atoms with Crippen molar-refractivity contribution in [2.75, 3.05) is 0 Å². The van der Waals surface area contributed by atoms with Gasteiger partial charge < -0.3 is 0 Å². The van der Waals surface area contributed by atoms with Crippen molar-refractivity contribution in [1.29, 1.82) is 0 Å². The van der Waals surface area contributed by atoms with Crippen molar-refractivity contribution in [1.82, 2.24) is 9.97 Å². The van der Waals surface area contributed by atoms with Crippen LogP contribution in [-0.4, -0.2) is 9.97 Å². The van der Waals surface area contributed by atoms with Crippen LogP contribution in [0.5, 0.6) is 0 Å². The fourth-order valence-corrected chi connectivity index (χ4v) is 5.29. The van der Waals surface area contributed by atoms with Gasteiger partial charge in [-0.2, -0.15) is 0 Å². The third kappa shape index (κ3) is 2.86. The molecule has 2 heterocycles. The molecule has 0 aliphatic heterocycles. The van der Waals surface area contributed by atoms with Crippen molar-refractivity contribution in [3.05, 3.63) is 96.3 Å². The first-order chi connectivity index (χ1) is 14.8. The molecule has 0 amide bonds. The Hall–Kier alpha value is -3.27. The van der Waals surface area contributed by atoms with Crippen LogP contribution in [0.1, 0.15) is 0 Å². The van der Waals surface area contributed by atoms with E-state index in [4.69, 9.17) is 11.6 Å². The van der Waals surface area contributed by atoms with Crippen LogP contribution in [0.25, 0.3) is 53.5 Å². The van der Waals surface area contributed by atoms with Gasteiger partial charge in [-0.3, -0.25) is 0 Å². The first-order valence-electron chi connectivity index (χ1n) is 9.71. The molecular formula is C26H15ClN2S. The molecule has 0 aliphatic rings. The highest BCUT2D eigenvalue weighted by molar-refractivity contribution is 7.25. The highest BCUT2D eigenvalue weighted by Crippen LogP contribution is 2.39. The molecule has 0 unspecified atom stereocenters. The molecule has 4 aromatic carbocycles. The summed E-state index contributed by atoms with van der Waals surface area (Å²) >= 11 is 7.92. The quantitative estimate of drug-likeness (QED) is 0.264. The fraction of sp³-hybridized carbons (Fsp3) is 0. The molecule has 0 saturated heterocycles. The van der Waals surface area contributed by atoms with Gasteiger partial charge in [-0.15, -0.1) is 11.3 Å². The summed E-state index contributed by atoms with van der Waals surface area (Å²) in [5.41, 5.74) is 4.30. The molecule has 2 aromatic heterocycles. The lowest BCUT2D eigenvalue weighted by molar-refractivity contribution is 1.24. The van der Waals surface area contributed by atoms with Gasteiger partial charge in [-0.05, 0) is 45.6 Å². The van der Waals surface area contributed by atoms with Gasteiger partial charge in [0.15, 0.2) is 0 Å². The van der Waals surface area contributed by atoms with Crippen molar-refractivity contribution in [3.8, 4) is 22.4 Å². The zero-order chi connectivity index (χ0) is 20.1. The van der Waals surface area contributed by atoms with Crippen molar-refractivity contribution in [2.24, 2.45) is 0 Å². The Morgan fingerprint density at radius 3 is 2.20 bits per heavy atom. The summed E-state index contributed by atoms with van der Waals surface area (Å²) in [6.07, 6.45) is 0. The molecule has 0 saturated carbocycles. The number of fused-ring (bicyclic) bond motifs is 4. The number of rotatable bonds is 2. The highest BCUT2D eigenvalue weighted by atomic mass is 35.5. The van der Waals surface area contributed by atoms with E-state index in [1.165, 1.54) is 32.0 Å². The highest BCUT2D eigenvalue weighted by Gasteiger charge is 2.15. The summed E-state index contributed by atoms with van der Waals surface area (Å²) in [5.74, 6) is 0. The molecule has 142 valence electrons. The van der Waals surface area contributed by atoms with E-state index < -0.39 is 0 Å². The first kappa shape index (κ1) is 17.6. The van der Waals surface area contributed by atoms with Gasteiger partial charge in [0.05, 0.1) is 5.69 Å². The number of benzene rings is 4. The van der Waals surface area contributed by atoms with Gasteiger partial charge in [0.2, 0.25) is 5.28 Å². The summed E-state index contributed by atoms with van der Waals surface area (Å²) in [5, 5.41) is 5.01. The molecule has 6 rings (SSSR count). The third-order valence-electron chi connectivity index (χ3n) is 5.45. The minimum Gasteiger partial charge on any atom is -0.217 e. The van der Waals surface area contributed by atoms with Crippen molar-refractivity contribution >= 4 is 54.0 Å². The summed E-state index contributed by atoms with van der Waals surface area (Å²) in [4.78, 5) is 9.99. The third-order valence-corrected chi connectivity index (χ3v) is 6.69. The predicted molar refractivity (Wildman–Crippen MR) is 128 cm³/mol. The molecular weight excluding hydrogens is 408 g/mol. The number of nitrogens with zero attached hydrogens (tertiary/aromatic N) is 2. The summed E-state index contributed by atoms with van der Waals surface area (Å²) < 4.78 is 1.19. The molecule has 0 radical (unpaired) electrons. The second kappa shape index (κ2) is 6.91. The molecule has 4 heteroatoms. The van der Waals surface area contributed by atoms with E-state index in [1.54, 1.807) is 11.3 Å². The molecule has 6 aromatic rings. The van der Waals surface area contributed by atoms with E-state index in [-0.39, 0.29) is 5.28 Å². The lowest BCUT2D eigenvalue weighted by Gasteiger charge is -2.07. The van der Waals surface area contributed by atoms with Gasteiger partial charge in [0, 0.05) is 21.0 Å². The van der Waals surface area contributed by atoms with E-state index in [0.29, 0.717) is 0 Å². The van der Waals surface area contributed by atoms with Crippen molar-refractivity contribution < 1.29 is 0 Å². The Morgan fingerprint density at radius 2 is 1.33 bits per heavy atom. The molecule has 0 N–H and O–H groups in total. The van der Waals surface area contributed by atoms with Gasteiger partial charge in [0.25, 0.3) is 0 Å².